The van der Waals surface area contributed by atoms with Crippen LogP contribution < -0.4 is 5.32 Å². The van der Waals surface area contributed by atoms with E-state index in [1.54, 1.807) is 17.5 Å². The third kappa shape index (κ3) is 4.07. The lowest BCUT2D eigenvalue weighted by Gasteiger charge is -2.06. The molecule has 100 valence electrons. The maximum absolute atomic E-state index is 13.3. The predicted molar refractivity (Wildman–Crippen MR) is 74.2 cm³/mol. The van der Waals surface area contributed by atoms with Crippen LogP contribution in [0.1, 0.15) is 17.7 Å². The van der Waals surface area contributed by atoms with Gasteiger partial charge in [-0.1, -0.05) is 16.6 Å². The second-order valence-corrected chi connectivity index (χ2v) is 5.29. The zero-order valence-electron chi connectivity index (χ0n) is 9.90. The number of halogens is 2. The van der Waals surface area contributed by atoms with Gasteiger partial charge in [0.05, 0.1) is 16.7 Å². The van der Waals surface area contributed by atoms with E-state index < -0.39 is 0 Å². The van der Waals surface area contributed by atoms with Crippen LogP contribution in [-0.2, 0) is 17.8 Å². The molecular weight excluding hydrogens is 333 g/mol. The first-order valence-electron chi connectivity index (χ1n) is 5.62. The van der Waals surface area contributed by atoms with Gasteiger partial charge in [-0.15, -0.1) is 5.10 Å². The monoisotopic (exact) mass is 343 g/mol. The summed E-state index contributed by atoms with van der Waals surface area (Å²) in [4.78, 5) is 11.6. The van der Waals surface area contributed by atoms with Crippen LogP contribution in [-0.4, -0.2) is 15.5 Å². The largest absolute Gasteiger partial charge is 0.350 e. The molecule has 0 unspecified atom stereocenters. The maximum atomic E-state index is 13.3. The molecule has 1 N–H and O–H groups in total. The van der Waals surface area contributed by atoms with Crippen LogP contribution in [0.3, 0.4) is 0 Å². The van der Waals surface area contributed by atoms with Gasteiger partial charge in [-0.25, -0.2) is 4.39 Å². The Morgan fingerprint density at radius 1 is 1.47 bits per heavy atom. The van der Waals surface area contributed by atoms with Gasteiger partial charge in [-0.2, -0.15) is 0 Å². The Hall–Kier alpha value is -1.34. The highest BCUT2D eigenvalue weighted by Crippen LogP contribution is 2.21. The number of nitrogens with zero attached hydrogens (tertiary/aromatic N) is 2. The van der Waals surface area contributed by atoms with Gasteiger partial charge in [0.1, 0.15) is 5.82 Å². The highest BCUT2D eigenvalue weighted by molar-refractivity contribution is 9.10. The zero-order chi connectivity index (χ0) is 13.7. The van der Waals surface area contributed by atoms with Crippen LogP contribution >= 0.6 is 27.5 Å². The van der Waals surface area contributed by atoms with Crippen LogP contribution in [0.5, 0.6) is 0 Å². The van der Waals surface area contributed by atoms with Crippen LogP contribution in [0.15, 0.2) is 28.1 Å². The number of nitrogens with one attached hydrogen (secondary N) is 1. The van der Waals surface area contributed by atoms with E-state index in [0.717, 1.165) is 11.3 Å². The summed E-state index contributed by atoms with van der Waals surface area (Å²) in [7, 11) is 0. The van der Waals surface area contributed by atoms with Crippen LogP contribution in [0.4, 0.5) is 4.39 Å². The molecule has 0 saturated carbocycles. The number of aromatic nitrogens is 2. The summed E-state index contributed by atoms with van der Waals surface area (Å²) in [6.45, 7) is 0.375. The van der Waals surface area contributed by atoms with Crippen LogP contribution in [0.2, 0.25) is 0 Å². The van der Waals surface area contributed by atoms with E-state index in [2.05, 4.69) is 30.8 Å². The molecule has 2 aromatic rings. The van der Waals surface area contributed by atoms with E-state index in [1.807, 2.05) is 0 Å². The van der Waals surface area contributed by atoms with E-state index in [4.69, 9.17) is 0 Å². The Morgan fingerprint density at radius 2 is 2.32 bits per heavy atom. The first-order valence-corrected chi connectivity index (χ1v) is 7.25. The molecule has 0 aliphatic rings. The fourth-order valence-electron chi connectivity index (χ4n) is 1.53. The van der Waals surface area contributed by atoms with Gasteiger partial charge in [0, 0.05) is 11.8 Å². The SMILES string of the molecule is O=C(CCc1cccc(F)c1Br)NCc1csnn1. The molecule has 4 nitrogen and oxygen atoms in total. The minimum Gasteiger partial charge on any atom is -0.350 e. The molecule has 0 bridgehead atoms. The molecule has 0 fully saturated rings. The third-order valence-corrected chi connectivity index (χ3v) is 3.97. The van der Waals surface area contributed by atoms with Crippen LogP contribution in [0.25, 0.3) is 0 Å². The van der Waals surface area contributed by atoms with Gasteiger partial charge < -0.3 is 5.32 Å². The number of aryl methyl sites for hydroxylation is 1. The molecule has 1 aromatic heterocycles. The van der Waals surface area contributed by atoms with Crippen molar-refractivity contribution in [2.45, 2.75) is 19.4 Å². The molecule has 0 spiro atoms. The summed E-state index contributed by atoms with van der Waals surface area (Å²) >= 11 is 4.42. The topological polar surface area (TPSA) is 54.9 Å². The van der Waals surface area contributed by atoms with Gasteiger partial charge in [0.15, 0.2) is 0 Å². The van der Waals surface area contributed by atoms with E-state index in [1.165, 1.54) is 17.6 Å². The Morgan fingerprint density at radius 3 is 3.05 bits per heavy atom. The highest BCUT2D eigenvalue weighted by Gasteiger charge is 2.08. The Bertz CT molecular complexity index is 562. The zero-order valence-corrected chi connectivity index (χ0v) is 12.3. The van der Waals surface area contributed by atoms with Crippen molar-refractivity contribution in [1.82, 2.24) is 14.9 Å². The van der Waals surface area contributed by atoms with Crippen molar-refractivity contribution in [3.63, 3.8) is 0 Å². The molecule has 0 atom stereocenters. The van der Waals surface area contributed by atoms with Crippen LogP contribution in [0, 0.1) is 5.82 Å². The molecule has 7 heteroatoms. The average molecular weight is 344 g/mol. The van der Waals surface area contributed by atoms with E-state index >= 15 is 0 Å². The van der Waals surface area contributed by atoms with Crippen molar-refractivity contribution < 1.29 is 9.18 Å². The van der Waals surface area contributed by atoms with Gasteiger partial charge in [0.2, 0.25) is 5.91 Å². The Kier molecular flexibility index (Phi) is 4.98. The van der Waals surface area contributed by atoms with Crippen molar-refractivity contribution in [2.75, 3.05) is 0 Å². The smallest absolute Gasteiger partial charge is 0.220 e. The molecule has 1 heterocycles. The quantitative estimate of drug-likeness (QED) is 0.907. The third-order valence-electron chi connectivity index (χ3n) is 2.52. The highest BCUT2D eigenvalue weighted by atomic mass is 79.9. The molecule has 0 aliphatic heterocycles. The van der Waals surface area contributed by atoms with Crippen molar-refractivity contribution in [3.05, 3.63) is 45.1 Å². The van der Waals surface area contributed by atoms with Gasteiger partial charge in [0.25, 0.3) is 0 Å². The minimum absolute atomic E-state index is 0.0934. The molecule has 0 aliphatic carbocycles. The normalized spacial score (nSPS) is 10.4. The van der Waals surface area contributed by atoms with Gasteiger partial charge in [-0.3, -0.25) is 4.79 Å². The van der Waals surface area contributed by atoms with Crippen molar-refractivity contribution in [2.24, 2.45) is 0 Å². The van der Waals surface area contributed by atoms with Gasteiger partial charge >= 0.3 is 0 Å². The van der Waals surface area contributed by atoms with E-state index in [9.17, 15) is 9.18 Å². The first kappa shape index (κ1) is 14.1. The number of carbonyl (C=O) groups excluding carboxylic acids is 1. The maximum Gasteiger partial charge on any atom is 0.220 e. The summed E-state index contributed by atoms with van der Waals surface area (Å²) in [5.74, 6) is -0.407. The van der Waals surface area contributed by atoms with E-state index in [0.29, 0.717) is 23.9 Å². The average Bonchev–Trinajstić information content (AvgIpc) is 2.91. The van der Waals surface area contributed by atoms with Crippen molar-refractivity contribution in [3.8, 4) is 0 Å². The molecular formula is C12H11BrFN3OS. The minimum atomic E-state index is -0.313. The number of hydrogen-bond donors (Lipinski definition) is 1. The lowest BCUT2D eigenvalue weighted by atomic mass is 10.1. The summed E-state index contributed by atoms with van der Waals surface area (Å²) in [5.41, 5.74) is 1.52. The number of carbonyl (C=O) groups is 1. The second kappa shape index (κ2) is 6.72. The number of benzene rings is 1. The fourth-order valence-corrected chi connectivity index (χ4v) is 2.44. The molecule has 0 saturated heterocycles. The van der Waals surface area contributed by atoms with E-state index in [-0.39, 0.29) is 11.7 Å². The Balaban J connectivity index is 1.81. The summed E-state index contributed by atoms with van der Waals surface area (Å²) in [6.07, 6.45) is 0.791. The molecule has 2 rings (SSSR count). The molecule has 1 aromatic carbocycles. The van der Waals surface area contributed by atoms with Crippen molar-refractivity contribution >= 4 is 33.4 Å². The summed E-state index contributed by atoms with van der Waals surface area (Å²) < 4.78 is 17.4. The number of rotatable bonds is 5. The lowest BCUT2D eigenvalue weighted by molar-refractivity contribution is -0.121. The lowest BCUT2D eigenvalue weighted by Crippen LogP contribution is -2.23. The molecule has 19 heavy (non-hydrogen) atoms. The number of hydrogen-bond acceptors (Lipinski definition) is 4. The van der Waals surface area contributed by atoms with Gasteiger partial charge in [-0.05, 0) is 45.5 Å². The first-order chi connectivity index (χ1) is 9.16. The molecule has 0 radical (unpaired) electrons. The standard InChI is InChI=1S/C12H11BrFN3OS/c13-12-8(2-1-3-10(12)14)4-5-11(18)15-6-9-7-19-17-16-9/h1-3,7H,4-6H2,(H,15,18). The Labute approximate surface area is 122 Å². The predicted octanol–water partition coefficient (Wildman–Crippen LogP) is 2.69. The number of amides is 1. The fraction of sp³-hybridized carbons (Fsp3) is 0.250. The summed E-state index contributed by atoms with van der Waals surface area (Å²) in [5, 5.41) is 8.36. The molecule has 1 amide bonds. The summed E-state index contributed by atoms with van der Waals surface area (Å²) in [6, 6.07) is 4.81. The van der Waals surface area contributed by atoms with Crippen molar-refractivity contribution in [1.29, 1.82) is 0 Å². The second-order valence-electron chi connectivity index (χ2n) is 3.89.